The Morgan fingerprint density at radius 2 is 0.872 bits per heavy atom. The number of carbonyl (C=O) groups excluding carboxylic acids is 2. The first-order valence-electron chi connectivity index (χ1n) is 16.3. The summed E-state index contributed by atoms with van der Waals surface area (Å²) in [7, 11) is 0. The average molecular weight is 551 g/mol. The van der Waals surface area contributed by atoms with Crippen LogP contribution in [0.15, 0.2) is 23.3 Å². The van der Waals surface area contributed by atoms with Gasteiger partial charge < -0.3 is 14.2 Å². The third-order valence-corrected chi connectivity index (χ3v) is 7.24. The van der Waals surface area contributed by atoms with Crippen molar-refractivity contribution < 1.29 is 23.8 Å². The number of rotatable bonds is 30. The summed E-state index contributed by atoms with van der Waals surface area (Å²) >= 11 is 0. The van der Waals surface area contributed by atoms with Gasteiger partial charge in [0.1, 0.15) is 26.2 Å². The molecule has 0 N–H and O–H groups in total. The molecule has 0 aliphatic rings. The maximum absolute atomic E-state index is 11.8. The number of unbranched alkanes of at least 4 members (excludes halogenated alkanes) is 14. The van der Waals surface area contributed by atoms with Crippen LogP contribution in [-0.2, 0) is 23.8 Å². The molecule has 0 aliphatic heterocycles. The Bertz CT molecular complexity index is 561. The second-order valence-electron chi connectivity index (χ2n) is 10.8. The van der Waals surface area contributed by atoms with Crippen LogP contribution in [0.1, 0.15) is 156 Å². The van der Waals surface area contributed by atoms with Gasteiger partial charge in [-0.15, -0.1) is 0 Å². The number of aldehydes is 2. The highest BCUT2D eigenvalue weighted by molar-refractivity contribution is 5.75. The van der Waals surface area contributed by atoms with Gasteiger partial charge in [-0.1, -0.05) is 130 Å². The molecule has 0 saturated heterocycles. The van der Waals surface area contributed by atoms with E-state index in [0.717, 1.165) is 87.9 Å². The normalized spacial score (nSPS) is 13.9. The lowest BCUT2D eigenvalue weighted by Gasteiger charge is -2.20. The minimum Gasteiger partial charge on any atom is -0.347 e. The summed E-state index contributed by atoms with van der Waals surface area (Å²) in [6, 6.07) is 0. The Kier molecular flexibility index (Phi) is 28.7. The number of carbonyl (C=O) groups is 2. The third-order valence-electron chi connectivity index (χ3n) is 7.24. The Labute approximate surface area is 241 Å². The van der Waals surface area contributed by atoms with Gasteiger partial charge in [-0.2, -0.15) is 0 Å². The van der Waals surface area contributed by atoms with Crippen LogP contribution in [0, 0.1) is 0 Å². The summed E-state index contributed by atoms with van der Waals surface area (Å²) < 4.78 is 17.7. The maximum Gasteiger partial charge on any atom is 0.150 e. The number of allylic oxidation sites excluding steroid dienone is 2. The maximum atomic E-state index is 11.8. The monoisotopic (exact) mass is 550 g/mol. The summed E-state index contributed by atoms with van der Waals surface area (Å²) in [5, 5.41) is 0. The molecule has 2 unspecified atom stereocenters. The van der Waals surface area contributed by atoms with Crippen molar-refractivity contribution in [1.29, 1.82) is 0 Å². The first kappa shape index (κ1) is 37.7. The van der Waals surface area contributed by atoms with Crippen molar-refractivity contribution in [2.24, 2.45) is 0 Å². The average Bonchev–Trinajstić information content (AvgIpc) is 2.95. The fourth-order valence-electron chi connectivity index (χ4n) is 4.66. The van der Waals surface area contributed by atoms with Crippen molar-refractivity contribution in [3.8, 4) is 0 Å². The lowest BCUT2D eigenvalue weighted by molar-refractivity contribution is -0.157. The molecule has 0 rings (SSSR count). The van der Waals surface area contributed by atoms with Crippen LogP contribution in [0.25, 0.3) is 0 Å². The fraction of sp³-hybridized carbons (Fsp3) is 0.824. The van der Waals surface area contributed by atoms with Crippen molar-refractivity contribution in [2.75, 3.05) is 13.6 Å². The van der Waals surface area contributed by atoms with E-state index in [9.17, 15) is 9.59 Å². The molecule has 0 aromatic rings. The number of hydrogen-bond donors (Lipinski definition) is 0. The van der Waals surface area contributed by atoms with Crippen LogP contribution in [0.3, 0.4) is 0 Å². The Hall–Kier alpha value is -1.30. The van der Waals surface area contributed by atoms with Crippen LogP contribution in [0.5, 0.6) is 0 Å². The highest BCUT2D eigenvalue weighted by atomic mass is 16.7. The lowest BCUT2D eigenvalue weighted by atomic mass is 10.0. The van der Waals surface area contributed by atoms with Crippen molar-refractivity contribution >= 4 is 12.6 Å². The van der Waals surface area contributed by atoms with Gasteiger partial charge in [-0.05, 0) is 38.5 Å². The molecular formula is C34H62O5. The van der Waals surface area contributed by atoms with E-state index in [1.807, 2.05) is 0 Å². The summed E-state index contributed by atoms with van der Waals surface area (Å²) in [6.45, 7) is 8.87. The minimum absolute atomic E-state index is 0.0645. The Balaban J connectivity index is 4.68. The Morgan fingerprint density at radius 3 is 1.23 bits per heavy atom. The summed E-state index contributed by atoms with van der Waals surface area (Å²) in [5.74, 6) is 0. The minimum atomic E-state index is -0.249. The number of hydrogen-bond acceptors (Lipinski definition) is 5. The molecule has 0 spiro atoms. The summed E-state index contributed by atoms with van der Waals surface area (Å²) in [5.41, 5.74) is 1.45. The van der Waals surface area contributed by atoms with Crippen molar-refractivity contribution in [2.45, 2.75) is 168 Å². The van der Waals surface area contributed by atoms with Crippen molar-refractivity contribution in [3.63, 3.8) is 0 Å². The molecular weight excluding hydrogens is 488 g/mol. The highest BCUT2D eigenvalue weighted by Crippen LogP contribution is 2.18. The molecule has 5 heteroatoms. The van der Waals surface area contributed by atoms with Crippen LogP contribution >= 0.6 is 0 Å². The van der Waals surface area contributed by atoms with Gasteiger partial charge in [0, 0.05) is 11.1 Å². The molecule has 2 atom stereocenters. The molecule has 0 radical (unpaired) electrons. The second-order valence-corrected chi connectivity index (χ2v) is 10.8. The zero-order valence-electron chi connectivity index (χ0n) is 26.1. The van der Waals surface area contributed by atoms with E-state index < -0.39 is 0 Å². The summed E-state index contributed by atoms with van der Waals surface area (Å²) in [4.78, 5) is 23.6. The number of ether oxygens (including phenoxy) is 3. The van der Waals surface area contributed by atoms with Gasteiger partial charge in [0.15, 0.2) is 0 Å². The summed E-state index contributed by atoms with van der Waals surface area (Å²) in [6.07, 6.45) is 27.9. The lowest BCUT2D eigenvalue weighted by Crippen LogP contribution is -2.22. The molecule has 0 amide bonds. The largest absolute Gasteiger partial charge is 0.347 e. The molecule has 228 valence electrons. The highest BCUT2D eigenvalue weighted by Gasteiger charge is 2.16. The van der Waals surface area contributed by atoms with E-state index >= 15 is 0 Å². The molecule has 39 heavy (non-hydrogen) atoms. The topological polar surface area (TPSA) is 61.8 Å². The van der Waals surface area contributed by atoms with Gasteiger partial charge in [-0.3, -0.25) is 9.59 Å². The van der Waals surface area contributed by atoms with Gasteiger partial charge >= 0.3 is 0 Å². The van der Waals surface area contributed by atoms with Crippen LogP contribution < -0.4 is 0 Å². The van der Waals surface area contributed by atoms with E-state index in [-0.39, 0.29) is 25.8 Å². The molecule has 0 fully saturated rings. The standard InChI is InChI=1S/C34H62O5/c1-5-9-13-15-17-19-21-23-31(27-35)33(25-11-7-3)38-29-37-30-39-34(26-12-8-4)32(28-36)24-22-20-18-16-14-10-6-2/h23-24,27-28,33-34H,5-22,25-26,29-30H2,1-4H3. The van der Waals surface area contributed by atoms with Gasteiger partial charge in [0.05, 0.1) is 12.2 Å². The molecule has 0 bridgehead atoms. The first-order chi connectivity index (χ1) is 19.2. The van der Waals surface area contributed by atoms with E-state index in [1.54, 1.807) is 0 Å². The quantitative estimate of drug-likeness (QED) is 0.0385. The molecule has 0 aromatic heterocycles. The van der Waals surface area contributed by atoms with Crippen LogP contribution in [0.2, 0.25) is 0 Å². The Morgan fingerprint density at radius 1 is 0.513 bits per heavy atom. The molecule has 0 heterocycles. The smallest absolute Gasteiger partial charge is 0.150 e. The predicted octanol–water partition coefficient (Wildman–Crippen LogP) is 9.82. The SMILES string of the molecule is CCCCCCCCC=C(C=O)C(CCCC)OCOCOC(CCCC)C(C=O)=CCCCCCCCC. The van der Waals surface area contributed by atoms with E-state index in [4.69, 9.17) is 14.2 Å². The van der Waals surface area contributed by atoms with Gasteiger partial charge in [-0.25, -0.2) is 0 Å². The predicted molar refractivity (Wildman–Crippen MR) is 164 cm³/mol. The van der Waals surface area contributed by atoms with Gasteiger partial charge in [0.25, 0.3) is 0 Å². The van der Waals surface area contributed by atoms with Crippen LogP contribution in [-0.4, -0.2) is 38.4 Å². The fourth-order valence-corrected chi connectivity index (χ4v) is 4.66. The van der Waals surface area contributed by atoms with E-state index in [1.165, 1.54) is 64.2 Å². The molecule has 0 saturated carbocycles. The second kappa shape index (κ2) is 29.7. The van der Waals surface area contributed by atoms with E-state index in [2.05, 4.69) is 39.8 Å². The van der Waals surface area contributed by atoms with Crippen LogP contribution in [0.4, 0.5) is 0 Å². The van der Waals surface area contributed by atoms with Crippen molar-refractivity contribution in [3.05, 3.63) is 23.3 Å². The van der Waals surface area contributed by atoms with E-state index in [0.29, 0.717) is 0 Å². The molecule has 0 aliphatic carbocycles. The zero-order chi connectivity index (χ0) is 28.8. The zero-order valence-corrected chi connectivity index (χ0v) is 26.1. The third kappa shape index (κ3) is 22.1. The van der Waals surface area contributed by atoms with Gasteiger partial charge in [0.2, 0.25) is 0 Å². The molecule has 5 nitrogen and oxygen atoms in total. The molecule has 0 aromatic carbocycles. The van der Waals surface area contributed by atoms with Crippen molar-refractivity contribution in [1.82, 2.24) is 0 Å². The first-order valence-corrected chi connectivity index (χ1v) is 16.3.